The molecule has 0 amide bonds. The van der Waals surface area contributed by atoms with Crippen molar-refractivity contribution in [1.82, 2.24) is 4.98 Å². The molecule has 0 saturated carbocycles. The molecule has 0 saturated heterocycles. The molecule has 0 spiro atoms. The molecular formula is C20H24N4. The molecule has 1 aromatic heterocycles. The number of guanidine groups is 1. The van der Waals surface area contributed by atoms with Crippen molar-refractivity contribution in [1.29, 1.82) is 0 Å². The van der Waals surface area contributed by atoms with Crippen LogP contribution in [0.25, 0.3) is 10.9 Å². The highest BCUT2D eigenvalue weighted by Crippen LogP contribution is 2.22. The number of aryl methyl sites for hydroxylation is 2. The molecule has 0 unspecified atom stereocenters. The van der Waals surface area contributed by atoms with Gasteiger partial charge in [-0.15, -0.1) is 0 Å². The van der Waals surface area contributed by atoms with Gasteiger partial charge >= 0.3 is 0 Å². The smallest absolute Gasteiger partial charge is 0.193 e. The monoisotopic (exact) mass is 320 g/mol. The zero-order chi connectivity index (χ0) is 16.9. The standard InChI is InChI=1S/C20H24N4/c1-3-15-5-4-6-18-16(13-23-19(15)18)11-12-22-20(21)24-17-9-7-14(2)8-10-17/h4-10,13,23H,3,11-12H2,1-2H3,(H3,21,22,24). The maximum absolute atomic E-state index is 5.97. The second-order valence-corrected chi connectivity index (χ2v) is 6.02. The number of para-hydroxylation sites is 1. The van der Waals surface area contributed by atoms with Crippen LogP contribution in [0, 0.1) is 6.92 Å². The number of nitrogens with zero attached hydrogens (tertiary/aromatic N) is 1. The summed E-state index contributed by atoms with van der Waals surface area (Å²) in [6.45, 7) is 4.90. The van der Waals surface area contributed by atoms with Crippen molar-refractivity contribution in [3.63, 3.8) is 0 Å². The summed E-state index contributed by atoms with van der Waals surface area (Å²) in [6, 6.07) is 14.6. The molecule has 124 valence electrons. The van der Waals surface area contributed by atoms with Crippen LogP contribution in [0.5, 0.6) is 0 Å². The second kappa shape index (κ2) is 7.21. The summed E-state index contributed by atoms with van der Waals surface area (Å²) < 4.78 is 0. The quantitative estimate of drug-likeness (QED) is 0.491. The van der Waals surface area contributed by atoms with Crippen LogP contribution in [0.2, 0.25) is 0 Å². The van der Waals surface area contributed by atoms with Crippen molar-refractivity contribution < 1.29 is 0 Å². The van der Waals surface area contributed by atoms with E-state index in [1.54, 1.807) is 0 Å². The number of aliphatic imine (C=N–C) groups is 1. The Morgan fingerprint density at radius 2 is 1.92 bits per heavy atom. The van der Waals surface area contributed by atoms with Gasteiger partial charge in [0.15, 0.2) is 5.96 Å². The Kier molecular flexibility index (Phi) is 4.85. The number of rotatable bonds is 5. The van der Waals surface area contributed by atoms with Gasteiger partial charge in [-0.3, -0.25) is 4.99 Å². The number of nitrogens with one attached hydrogen (secondary N) is 2. The number of aromatic nitrogens is 1. The van der Waals surface area contributed by atoms with E-state index in [1.807, 2.05) is 24.3 Å². The number of nitrogens with two attached hydrogens (primary N) is 1. The number of aromatic amines is 1. The lowest BCUT2D eigenvalue weighted by molar-refractivity contribution is 0.972. The molecule has 4 nitrogen and oxygen atoms in total. The molecule has 0 aliphatic carbocycles. The van der Waals surface area contributed by atoms with Gasteiger partial charge in [-0.05, 0) is 43.0 Å². The van der Waals surface area contributed by atoms with Gasteiger partial charge in [-0.1, -0.05) is 42.8 Å². The molecule has 2 aromatic carbocycles. The molecule has 0 aliphatic rings. The number of H-pyrrole nitrogens is 1. The molecular weight excluding hydrogens is 296 g/mol. The van der Waals surface area contributed by atoms with Gasteiger partial charge in [0, 0.05) is 29.3 Å². The third-order valence-electron chi connectivity index (χ3n) is 4.26. The third-order valence-corrected chi connectivity index (χ3v) is 4.26. The summed E-state index contributed by atoms with van der Waals surface area (Å²) in [5.41, 5.74) is 12.0. The fourth-order valence-corrected chi connectivity index (χ4v) is 2.90. The van der Waals surface area contributed by atoms with Crippen molar-refractivity contribution in [2.45, 2.75) is 26.7 Å². The second-order valence-electron chi connectivity index (χ2n) is 6.02. The van der Waals surface area contributed by atoms with Crippen LogP contribution in [0.3, 0.4) is 0 Å². The first-order valence-corrected chi connectivity index (χ1v) is 8.39. The topological polar surface area (TPSA) is 66.2 Å². The Morgan fingerprint density at radius 1 is 1.12 bits per heavy atom. The van der Waals surface area contributed by atoms with Crippen LogP contribution in [-0.4, -0.2) is 17.5 Å². The average Bonchev–Trinajstić information content (AvgIpc) is 3.00. The number of hydrogen-bond acceptors (Lipinski definition) is 1. The molecule has 0 fully saturated rings. The SMILES string of the molecule is CCc1cccc2c(CCN=C(N)Nc3ccc(C)cc3)c[nH]c12. The third kappa shape index (κ3) is 3.59. The van der Waals surface area contributed by atoms with Gasteiger partial charge in [0.25, 0.3) is 0 Å². The van der Waals surface area contributed by atoms with Gasteiger partial charge in [0.2, 0.25) is 0 Å². The minimum absolute atomic E-state index is 0.452. The predicted molar refractivity (Wildman–Crippen MR) is 103 cm³/mol. The van der Waals surface area contributed by atoms with E-state index in [1.165, 1.54) is 27.6 Å². The Hall–Kier alpha value is -2.75. The minimum atomic E-state index is 0.452. The maximum atomic E-state index is 5.97. The Labute approximate surface area is 142 Å². The lowest BCUT2D eigenvalue weighted by Crippen LogP contribution is -2.23. The van der Waals surface area contributed by atoms with Crippen molar-refractivity contribution >= 4 is 22.5 Å². The summed E-state index contributed by atoms with van der Waals surface area (Å²) in [5, 5.41) is 4.41. The van der Waals surface area contributed by atoms with Crippen LogP contribution in [0.4, 0.5) is 5.69 Å². The van der Waals surface area contributed by atoms with Gasteiger partial charge in [0.1, 0.15) is 0 Å². The van der Waals surface area contributed by atoms with E-state index in [0.29, 0.717) is 12.5 Å². The first kappa shape index (κ1) is 16.1. The largest absolute Gasteiger partial charge is 0.370 e. The summed E-state index contributed by atoms with van der Waals surface area (Å²) in [4.78, 5) is 7.83. The highest BCUT2D eigenvalue weighted by molar-refractivity contribution is 5.92. The van der Waals surface area contributed by atoms with E-state index in [2.05, 4.69) is 53.5 Å². The van der Waals surface area contributed by atoms with Gasteiger partial charge in [-0.25, -0.2) is 0 Å². The van der Waals surface area contributed by atoms with E-state index in [4.69, 9.17) is 5.73 Å². The summed E-state index contributed by atoms with van der Waals surface area (Å²) in [6.07, 6.45) is 3.98. The van der Waals surface area contributed by atoms with E-state index >= 15 is 0 Å². The highest BCUT2D eigenvalue weighted by Gasteiger charge is 2.06. The molecule has 0 radical (unpaired) electrons. The van der Waals surface area contributed by atoms with E-state index < -0.39 is 0 Å². The molecule has 24 heavy (non-hydrogen) atoms. The molecule has 0 atom stereocenters. The van der Waals surface area contributed by atoms with E-state index in [9.17, 15) is 0 Å². The Balaban J connectivity index is 1.64. The first-order chi connectivity index (χ1) is 11.7. The van der Waals surface area contributed by atoms with E-state index in [0.717, 1.165) is 18.5 Å². The van der Waals surface area contributed by atoms with Crippen LogP contribution >= 0.6 is 0 Å². The Morgan fingerprint density at radius 3 is 2.67 bits per heavy atom. The van der Waals surface area contributed by atoms with Crippen LogP contribution in [-0.2, 0) is 12.8 Å². The fraction of sp³-hybridized carbons (Fsp3) is 0.250. The van der Waals surface area contributed by atoms with Crippen molar-refractivity contribution in [2.24, 2.45) is 10.7 Å². The lowest BCUT2D eigenvalue weighted by Gasteiger charge is -2.06. The van der Waals surface area contributed by atoms with E-state index in [-0.39, 0.29) is 0 Å². The summed E-state index contributed by atoms with van der Waals surface area (Å²) in [5.74, 6) is 0.452. The highest BCUT2D eigenvalue weighted by atomic mass is 15.1. The van der Waals surface area contributed by atoms with Crippen molar-refractivity contribution in [3.8, 4) is 0 Å². The van der Waals surface area contributed by atoms with Crippen LogP contribution in [0.1, 0.15) is 23.6 Å². The van der Waals surface area contributed by atoms with Gasteiger partial charge < -0.3 is 16.0 Å². The fourth-order valence-electron chi connectivity index (χ4n) is 2.90. The zero-order valence-electron chi connectivity index (χ0n) is 14.3. The predicted octanol–water partition coefficient (Wildman–Crippen LogP) is 4.01. The molecule has 3 rings (SSSR count). The average molecular weight is 320 g/mol. The van der Waals surface area contributed by atoms with Crippen LogP contribution < -0.4 is 11.1 Å². The van der Waals surface area contributed by atoms with Gasteiger partial charge in [-0.2, -0.15) is 0 Å². The molecule has 4 N–H and O–H groups in total. The van der Waals surface area contributed by atoms with Crippen molar-refractivity contribution in [2.75, 3.05) is 11.9 Å². The number of hydrogen-bond donors (Lipinski definition) is 3. The summed E-state index contributed by atoms with van der Waals surface area (Å²) >= 11 is 0. The minimum Gasteiger partial charge on any atom is -0.370 e. The number of anilines is 1. The van der Waals surface area contributed by atoms with Crippen LogP contribution in [0.15, 0.2) is 53.7 Å². The number of fused-ring (bicyclic) bond motifs is 1. The molecule has 1 heterocycles. The summed E-state index contributed by atoms with van der Waals surface area (Å²) in [7, 11) is 0. The van der Waals surface area contributed by atoms with Gasteiger partial charge in [0.05, 0.1) is 0 Å². The zero-order valence-corrected chi connectivity index (χ0v) is 14.3. The molecule has 0 bridgehead atoms. The number of benzene rings is 2. The molecule has 4 heteroatoms. The lowest BCUT2D eigenvalue weighted by atomic mass is 10.1. The normalized spacial score (nSPS) is 11.8. The van der Waals surface area contributed by atoms with Crippen molar-refractivity contribution in [3.05, 3.63) is 65.4 Å². The first-order valence-electron chi connectivity index (χ1n) is 8.39. The molecule has 3 aromatic rings. The molecule has 0 aliphatic heterocycles. The maximum Gasteiger partial charge on any atom is 0.193 e. The Bertz CT molecular complexity index is 844.